The van der Waals surface area contributed by atoms with Gasteiger partial charge >= 0.3 is 0 Å². The lowest BCUT2D eigenvalue weighted by Crippen LogP contribution is -2.25. The van der Waals surface area contributed by atoms with Crippen LogP contribution in [0.5, 0.6) is 0 Å². The second kappa shape index (κ2) is 5.78. The molecule has 0 radical (unpaired) electrons. The molecule has 3 aromatic rings. The fourth-order valence-electron chi connectivity index (χ4n) is 2.79. The third kappa shape index (κ3) is 2.67. The summed E-state index contributed by atoms with van der Waals surface area (Å²) in [5.74, 6) is 0.00360. The van der Waals surface area contributed by atoms with Crippen LogP contribution in [0.25, 0.3) is 17.0 Å². The maximum atomic E-state index is 12.5. The Morgan fingerprint density at radius 1 is 0.957 bits per heavy atom. The van der Waals surface area contributed by atoms with Crippen molar-refractivity contribution in [1.82, 2.24) is 4.98 Å². The largest absolute Gasteiger partial charge is 0.360 e. The van der Waals surface area contributed by atoms with Crippen LogP contribution in [0.15, 0.2) is 66.7 Å². The van der Waals surface area contributed by atoms with Gasteiger partial charge in [0.25, 0.3) is 0 Å². The molecule has 1 aliphatic rings. The quantitative estimate of drug-likeness (QED) is 0.733. The summed E-state index contributed by atoms with van der Waals surface area (Å²) in [5.41, 5.74) is 3.42. The Hall–Kier alpha value is -2.78. The monoisotopic (exact) mass is 301 g/mol. The number of ether oxygens (including phenoxy) is 1. The number of pyridine rings is 1. The number of hydrogen-bond donors (Lipinski definition) is 0. The van der Waals surface area contributed by atoms with Crippen molar-refractivity contribution in [3.8, 4) is 0 Å². The average Bonchev–Trinajstić information content (AvgIpc) is 2.61. The van der Waals surface area contributed by atoms with E-state index < -0.39 is 6.10 Å². The Labute approximate surface area is 134 Å². The summed E-state index contributed by atoms with van der Waals surface area (Å²) in [5, 5.41) is 1.10. The molecule has 0 fully saturated rings. The summed E-state index contributed by atoms with van der Waals surface area (Å²) < 4.78 is 5.79. The average molecular weight is 301 g/mol. The Kier molecular flexibility index (Phi) is 3.48. The summed E-state index contributed by atoms with van der Waals surface area (Å²) in [4.78, 5) is 17.0. The van der Waals surface area contributed by atoms with Gasteiger partial charge in [0.1, 0.15) is 6.10 Å². The van der Waals surface area contributed by atoms with Crippen molar-refractivity contribution >= 4 is 22.8 Å². The number of carbonyl (C=O) groups excluding carboxylic acids is 1. The van der Waals surface area contributed by atoms with E-state index in [9.17, 15) is 4.79 Å². The zero-order valence-corrected chi connectivity index (χ0v) is 12.5. The normalized spacial score (nSPS) is 16.5. The first-order chi connectivity index (χ1) is 11.3. The van der Waals surface area contributed by atoms with E-state index in [1.165, 1.54) is 0 Å². The third-order valence-electron chi connectivity index (χ3n) is 4.00. The lowest BCUT2D eigenvalue weighted by molar-refractivity contribution is 0.0501. The number of ketones is 1. The van der Waals surface area contributed by atoms with Crippen molar-refractivity contribution in [2.24, 2.45) is 0 Å². The van der Waals surface area contributed by atoms with Gasteiger partial charge in [-0.05, 0) is 23.8 Å². The molecule has 0 bridgehead atoms. The molecular weight excluding hydrogens is 286 g/mol. The topological polar surface area (TPSA) is 39.2 Å². The molecule has 0 saturated heterocycles. The van der Waals surface area contributed by atoms with Crippen molar-refractivity contribution in [2.45, 2.75) is 12.7 Å². The number of hydrogen-bond acceptors (Lipinski definition) is 3. The Balaban J connectivity index is 1.52. The van der Waals surface area contributed by atoms with Crippen LogP contribution < -0.4 is 0 Å². The number of carbonyl (C=O) groups is 1. The number of para-hydroxylation sites is 1. The van der Waals surface area contributed by atoms with Crippen LogP contribution in [0.2, 0.25) is 0 Å². The molecule has 1 heterocycles. The number of Topliss-reactive ketones (excluding diaryl/α,β-unsaturated/α-hetero) is 1. The molecule has 0 aliphatic heterocycles. The van der Waals surface area contributed by atoms with Gasteiger partial charge in [0.2, 0.25) is 0 Å². The van der Waals surface area contributed by atoms with E-state index in [4.69, 9.17) is 4.74 Å². The molecule has 0 N–H and O–H groups in total. The van der Waals surface area contributed by atoms with Crippen molar-refractivity contribution in [2.75, 3.05) is 0 Å². The van der Waals surface area contributed by atoms with E-state index >= 15 is 0 Å². The van der Waals surface area contributed by atoms with Crippen molar-refractivity contribution in [1.29, 1.82) is 0 Å². The predicted octanol–water partition coefficient (Wildman–Crippen LogP) is 4.03. The van der Waals surface area contributed by atoms with E-state index in [2.05, 4.69) is 4.98 Å². The molecule has 1 atom stereocenters. The molecule has 1 aromatic heterocycles. The zero-order valence-electron chi connectivity index (χ0n) is 12.5. The molecule has 1 aliphatic carbocycles. The number of fused-ring (bicyclic) bond motifs is 2. The molecule has 0 amide bonds. The van der Waals surface area contributed by atoms with Gasteiger partial charge in [-0.1, -0.05) is 54.6 Å². The molecular formula is C20H15NO2. The van der Waals surface area contributed by atoms with Gasteiger partial charge in [-0.15, -0.1) is 0 Å². The van der Waals surface area contributed by atoms with Gasteiger partial charge in [-0.3, -0.25) is 9.78 Å². The fraction of sp³-hybridized carbons (Fsp3) is 0.100. The Bertz CT molecular complexity index is 914. The predicted molar refractivity (Wildman–Crippen MR) is 90.1 cm³/mol. The summed E-state index contributed by atoms with van der Waals surface area (Å²) in [6.45, 7) is 0.313. The Morgan fingerprint density at radius 2 is 1.78 bits per heavy atom. The SMILES string of the molecule is O=C1c2ccccc2C=CC1OCc1ccc2ccccc2n1. The molecule has 3 heteroatoms. The molecule has 2 aromatic carbocycles. The fourth-order valence-corrected chi connectivity index (χ4v) is 2.79. The van der Waals surface area contributed by atoms with Crippen molar-refractivity contribution in [3.63, 3.8) is 0 Å². The van der Waals surface area contributed by atoms with E-state index in [-0.39, 0.29) is 5.78 Å². The highest BCUT2D eigenvalue weighted by Gasteiger charge is 2.23. The molecule has 23 heavy (non-hydrogen) atoms. The maximum Gasteiger partial charge on any atom is 0.196 e. The highest BCUT2D eigenvalue weighted by atomic mass is 16.5. The van der Waals surface area contributed by atoms with E-state index in [1.807, 2.05) is 72.8 Å². The van der Waals surface area contributed by atoms with Crippen LogP contribution in [0, 0.1) is 0 Å². The molecule has 4 rings (SSSR count). The van der Waals surface area contributed by atoms with Gasteiger partial charge in [-0.25, -0.2) is 0 Å². The van der Waals surface area contributed by atoms with Gasteiger partial charge < -0.3 is 4.74 Å². The number of rotatable bonds is 3. The van der Waals surface area contributed by atoms with Gasteiger partial charge in [0.15, 0.2) is 5.78 Å². The van der Waals surface area contributed by atoms with Crippen LogP contribution in [-0.2, 0) is 11.3 Å². The second-order valence-corrected chi connectivity index (χ2v) is 5.54. The minimum Gasteiger partial charge on any atom is -0.360 e. The van der Waals surface area contributed by atoms with Gasteiger partial charge in [-0.2, -0.15) is 0 Å². The van der Waals surface area contributed by atoms with Crippen LogP contribution in [0.3, 0.4) is 0 Å². The molecule has 1 unspecified atom stereocenters. The summed E-state index contributed by atoms with van der Waals surface area (Å²) in [6.07, 6.45) is 3.21. The van der Waals surface area contributed by atoms with Crippen molar-refractivity contribution < 1.29 is 9.53 Å². The van der Waals surface area contributed by atoms with E-state index in [0.29, 0.717) is 12.2 Å². The summed E-state index contributed by atoms with van der Waals surface area (Å²) >= 11 is 0. The minimum atomic E-state index is -0.543. The molecule has 112 valence electrons. The van der Waals surface area contributed by atoms with Gasteiger partial charge in [0, 0.05) is 10.9 Å². The van der Waals surface area contributed by atoms with Gasteiger partial charge in [0.05, 0.1) is 17.8 Å². The van der Waals surface area contributed by atoms with Crippen LogP contribution in [0.1, 0.15) is 21.6 Å². The van der Waals surface area contributed by atoms with E-state index in [0.717, 1.165) is 22.2 Å². The number of aromatic nitrogens is 1. The lowest BCUT2D eigenvalue weighted by atomic mass is 9.94. The number of nitrogens with zero attached hydrogens (tertiary/aromatic N) is 1. The second-order valence-electron chi connectivity index (χ2n) is 5.54. The Morgan fingerprint density at radius 3 is 2.74 bits per heavy atom. The summed E-state index contributed by atoms with van der Waals surface area (Å²) in [7, 11) is 0. The van der Waals surface area contributed by atoms with Crippen LogP contribution >= 0.6 is 0 Å². The standard InChI is InChI=1S/C20H15NO2/c22-20-17-7-3-1-5-14(17)10-12-19(20)23-13-16-11-9-15-6-2-4-8-18(15)21-16/h1-12,19H,13H2. The maximum absolute atomic E-state index is 12.5. The highest BCUT2D eigenvalue weighted by molar-refractivity contribution is 6.06. The molecule has 3 nitrogen and oxygen atoms in total. The van der Waals surface area contributed by atoms with E-state index in [1.54, 1.807) is 0 Å². The zero-order chi connectivity index (χ0) is 15.6. The third-order valence-corrected chi connectivity index (χ3v) is 4.00. The molecule has 0 spiro atoms. The van der Waals surface area contributed by atoms with Crippen LogP contribution in [-0.4, -0.2) is 16.9 Å². The molecule has 0 saturated carbocycles. The first-order valence-corrected chi connectivity index (χ1v) is 7.59. The highest BCUT2D eigenvalue weighted by Crippen LogP contribution is 2.21. The first-order valence-electron chi connectivity index (χ1n) is 7.59. The smallest absolute Gasteiger partial charge is 0.196 e. The minimum absolute atomic E-state index is 0.00360. The van der Waals surface area contributed by atoms with Crippen LogP contribution in [0.4, 0.5) is 0 Å². The lowest BCUT2D eigenvalue weighted by Gasteiger charge is -2.18. The number of benzene rings is 2. The van der Waals surface area contributed by atoms with Crippen molar-refractivity contribution in [3.05, 3.63) is 83.6 Å². The first kappa shape index (κ1) is 13.9. The summed E-state index contributed by atoms with van der Waals surface area (Å²) in [6, 6.07) is 19.5.